The first-order valence-electron chi connectivity index (χ1n) is 6.76. The molecule has 1 amide bonds. The molecule has 0 bridgehead atoms. The van der Waals surface area contributed by atoms with Crippen molar-refractivity contribution in [3.05, 3.63) is 23.5 Å². The largest absolute Gasteiger partial charge is 0.471 e. The quantitative estimate of drug-likeness (QED) is 0.532. The molecule has 1 aromatic heterocycles. The van der Waals surface area contributed by atoms with Gasteiger partial charge in [-0.3, -0.25) is 4.79 Å². The van der Waals surface area contributed by atoms with Crippen molar-refractivity contribution in [3.63, 3.8) is 0 Å². The molecule has 11 heteroatoms. The van der Waals surface area contributed by atoms with Crippen molar-refractivity contribution in [2.24, 2.45) is 0 Å². The Kier molecular flexibility index (Phi) is 4.87. The van der Waals surface area contributed by atoms with Crippen LogP contribution in [-0.4, -0.2) is 63.9 Å². The summed E-state index contributed by atoms with van der Waals surface area (Å²) in [5.41, 5.74) is -0.150. The van der Waals surface area contributed by atoms with E-state index in [0.717, 1.165) is 23.9 Å². The van der Waals surface area contributed by atoms with Gasteiger partial charge in [-0.15, -0.1) is 0 Å². The number of fused-ring (bicyclic) bond motifs is 1. The number of alkyl halides is 3. The minimum Gasteiger partial charge on any atom is -0.465 e. The highest BCUT2D eigenvalue weighted by molar-refractivity contribution is 5.89. The Labute approximate surface area is 133 Å². The van der Waals surface area contributed by atoms with E-state index in [-0.39, 0.29) is 11.3 Å². The first kappa shape index (κ1) is 18.2. The Hall–Kier alpha value is -2.11. The van der Waals surface area contributed by atoms with E-state index in [9.17, 15) is 38.1 Å². The number of nitrogens with zero attached hydrogens (tertiary/aromatic N) is 1. The molecule has 0 fully saturated rings. The topological polar surface area (TPSA) is 121 Å². The number of methoxy groups -OCH3 is 1. The van der Waals surface area contributed by atoms with Crippen LogP contribution in [0.4, 0.5) is 13.2 Å². The van der Waals surface area contributed by atoms with Crippen molar-refractivity contribution in [1.82, 2.24) is 9.88 Å². The first-order valence-corrected chi connectivity index (χ1v) is 6.76. The van der Waals surface area contributed by atoms with E-state index in [0.29, 0.717) is 0 Å². The van der Waals surface area contributed by atoms with Crippen LogP contribution in [-0.2, 0) is 9.53 Å². The molecular weight excluding hydrogens is 337 g/mol. The van der Waals surface area contributed by atoms with Crippen LogP contribution in [0.2, 0.25) is 0 Å². The van der Waals surface area contributed by atoms with Crippen LogP contribution < -0.4 is 5.32 Å². The fourth-order valence-electron chi connectivity index (χ4n) is 2.61. The van der Waals surface area contributed by atoms with Gasteiger partial charge in [0.1, 0.15) is 12.2 Å². The third-order valence-corrected chi connectivity index (χ3v) is 3.79. The van der Waals surface area contributed by atoms with Gasteiger partial charge in [0.05, 0.1) is 31.4 Å². The minimum atomic E-state index is -5.19. The van der Waals surface area contributed by atoms with Crippen molar-refractivity contribution >= 4 is 11.9 Å². The zero-order valence-corrected chi connectivity index (χ0v) is 12.3. The molecule has 0 aromatic carbocycles. The van der Waals surface area contributed by atoms with Crippen LogP contribution in [0.3, 0.4) is 0 Å². The van der Waals surface area contributed by atoms with Gasteiger partial charge in [-0.25, -0.2) is 4.79 Å². The molecule has 0 spiro atoms. The van der Waals surface area contributed by atoms with Gasteiger partial charge in [0, 0.05) is 11.9 Å². The molecule has 24 heavy (non-hydrogen) atoms. The Morgan fingerprint density at radius 1 is 1.33 bits per heavy atom. The number of aliphatic hydroxyl groups excluding tert-OH is 3. The molecule has 0 saturated heterocycles. The SMILES string of the molecule is COC(=O)c1cc2n(c1)[C@H](CO)[C@@H](O)[C@H](O)[C@H]2NC(=O)C(F)(F)F. The van der Waals surface area contributed by atoms with E-state index in [1.54, 1.807) is 5.32 Å². The number of nitrogens with one attached hydrogen (secondary N) is 1. The molecule has 8 nitrogen and oxygen atoms in total. The molecule has 0 radical (unpaired) electrons. The van der Waals surface area contributed by atoms with Crippen LogP contribution in [0, 0.1) is 0 Å². The molecule has 4 N–H and O–H groups in total. The van der Waals surface area contributed by atoms with Crippen molar-refractivity contribution in [2.45, 2.75) is 30.5 Å². The van der Waals surface area contributed by atoms with E-state index in [1.807, 2.05) is 0 Å². The number of carbonyl (C=O) groups excluding carboxylic acids is 2. The monoisotopic (exact) mass is 352 g/mol. The maximum atomic E-state index is 12.5. The molecule has 4 atom stereocenters. The summed E-state index contributed by atoms with van der Waals surface area (Å²) in [5.74, 6) is -3.12. The number of aliphatic hydroxyl groups is 3. The lowest BCUT2D eigenvalue weighted by molar-refractivity contribution is -0.176. The smallest absolute Gasteiger partial charge is 0.465 e. The van der Waals surface area contributed by atoms with Crippen LogP contribution in [0.15, 0.2) is 12.3 Å². The average Bonchev–Trinajstić information content (AvgIpc) is 2.95. The van der Waals surface area contributed by atoms with Gasteiger partial charge in [0.2, 0.25) is 0 Å². The van der Waals surface area contributed by atoms with Crippen molar-refractivity contribution < 1.29 is 42.8 Å². The summed E-state index contributed by atoms with van der Waals surface area (Å²) in [7, 11) is 1.09. The highest BCUT2D eigenvalue weighted by Crippen LogP contribution is 2.35. The van der Waals surface area contributed by atoms with Crippen LogP contribution in [0.1, 0.15) is 28.1 Å². The fourth-order valence-corrected chi connectivity index (χ4v) is 2.61. The minimum absolute atomic E-state index is 0.0708. The summed E-state index contributed by atoms with van der Waals surface area (Å²) in [6, 6.07) is -1.62. The second kappa shape index (κ2) is 6.42. The lowest BCUT2D eigenvalue weighted by Gasteiger charge is -2.39. The number of aromatic nitrogens is 1. The number of carbonyl (C=O) groups is 2. The summed E-state index contributed by atoms with van der Waals surface area (Å²) in [6.07, 6.45) is -7.52. The molecule has 2 rings (SSSR count). The molecule has 1 aromatic rings. The highest BCUT2D eigenvalue weighted by Gasteiger charge is 2.46. The van der Waals surface area contributed by atoms with Gasteiger partial charge in [-0.05, 0) is 6.07 Å². The lowest BCUT2D eigenvalue weighted by atomic mass is 9.92. The number of rotatable bonds is 3. The molecule has 0 aliphatic carbocycles. The zero-order valence-electron chi connectivity index (χ0n) is 12.3. The van der Waals surface area contributed by atoms with E-state index < -0.39 is 49.0 Å². The van der Waals surface area contributed by atoms with Gasteiger partial charge >= 0.3 is 18.1 Å². The van der Waals surface area contributed by atoms with Gasteiger partial charge in [-0.1, -0.05) is 0 Å². The first-order chi connectivity index (χ1) is 11.1. The van der Waals surface area contributed by atoms with Crippen LogP contribution in [0.5, 0.6) is 0 Å². The second-order valence-corrected chi connectivity index (χ2v) is 5.23. The second-order valence-electron chi connectivity index (χ2n) is 5.23. The maximum absolute atomic E-state index is 12.5. The van der Waals surface area contributed by atoms with Gasteiger partial charge in [0.25, 0.3) is 0 Å². The number of esters is 1. The Morgan fingerprint density at radius 3 is 2.46 bits per heavy atom. The van der Waals surface area contributed by atoms with Gasteiger partial charge in [0.15, 0.2) is 0 Å². The molecule has 0 unspecified atom stereocenters. The fraction of sp³-hybridized carbons (Fsp3) is 0.538. The molecule has 1 aliphatic rings. The third kappa shape index (κ3) is 3.09. The standard InChI is InChI=1S/C13H15F3N2O6/c1-24-11(22)5-2-6-8(17-12(23)13(14,15)16)10(21)9(20)7(4-19)18(6)3-5/h2-3,7-10,19-21H,4H2,1H3,(H,17,23)/t7-,8+,9-,10-/m1/s1. The predicted octanol–water partition coefficient (Wildman–Crippen LogP) is -0.737. The van der Waals surface area contributed by atoms with E-state index in [1.165, 1.54) is 0 Å². The predicted molar refractivity (Wildman–Crippen MR) is 70.8 cm³/mol. The third-order valence-electron chi connectivity index (χ3n) is 3.79. The van der Waals surface area contributed by atoms with Crippen molar-refractivity contribution in [1.29, 1.82) is 0 Å². The average molecular weight is 352 g/mol. The number of hydrogen-bond acceptors (Lipinski definition) is 6. The maximum Gasteiger partial charge on any atom is 0.471 e. The zero-order chi connectivity index (χ0) is 18.2. The normalized spacial score (nSPS) is 26.6. The number of hydrogen-bond donors (Lipinski definition) is 4. The summed E-state index contributed by atoms with van der Waals surface area (Å²) in [4.78, 5) is 22.8. The number of ether oxygens (including phenoxy) is 1. The molecule has 1 aliphatic heterocycles. The van der Waals surface area contributed by atoms with E-state index in [2.05, 4.69) is 4.74 Å². The molecular formula is C13H15F3N2O6. The number of amides is 1. The number of halogens is 3. The highest BCUT2D eigenvalue weighted by atomic mass is 19.4. The van der Waals surface area contributed by atoms with Crippen LogP contribution >= 0.6 is 0 Å². The van der Waals surface area contributed by atoms with E-state index >= 15 is 0 Å². The van der Waals surface area contributed by atoms with E-state index in [4.69, 9.17) is 0 Å². The molecule has 0 saturated carbocycles. The van der Waals surface area contributed by atoms with Crippen LogP contribution in [0.25, 0.3) is 0 Å². The van der Waals surface area contributed by atoms with Gasteiger partial charge < -0.3 is 29.9 Å². The Balaban J connectivity index is 2.47. The van der Waals surface area contributed by atoms with Crippen molar-refractivity contribution in [3.8, 4) is 0 Å². The van der Waals surface area contributed by atoms with Crippen molar-refractivity contribution in [2.75, 3.05) is 13.7 Å². The molecule has 134 valence electrons. The molecule has 2 heterocycles. The Morgan fingerprint density at radius 2 is 1.96 bits per heavy atom. The summed E-state index contributed by atoms with van der Waals surface area (Å²) in [5, 5.41) is 31.0. The Bertz CT molecular complexity index is 644. The summed E-state index contributed by atoms with van der Waals surface area (Å²) < 4.78 is 43.0. The summed E-state index contributed by atoms with van der Waals surface area (Å²) in [6.45, 7) is -0.652. The lowest BCUT2D eigenvalue weighted by Crippen LogP contribution is -2.53. The summed E-state index contributed by atoms with van der Waals surface area (Å²) >= 11 is 0. The van der Waals surface area contributed by atoms with Gasteiger partial charge in [-0.2, -0.15) is 13.2 Å².